The molecule has 1 aromatic rings. The van der Waals surface area contributed by atoms with Crippen molar-refractivity contribution in [1.29, 1.82) is 0 Å². The van der Waals surface area contributed by atoms with E-state index in [0.717, 1.165) is 13.0 Å². The van der Waals surface area contributed by atoms with Gasteiger partial charge in [-0.15, -0.1) is 0 Å². The summed E-state index contributed by atoms with van der Waals surface area (Å²) in [5.74, 6) is -0.887. The van der Waals surface area contributed by atoms with E-state index in [2.05, 4.69) is 34.4 Å². The van der Waals surface area contributed by atoms with Crippen LogP contribution in [-0.2, 0) is 0 Å². The molecule has 1 heterocycles. The molecule has 21 heavy (non-hydrogen) atoms. The zero-order chi connectivity index (χ0) is 15.8. The van der Waals surface area contributed by atoms with Crippen molar-refractivity contribution in [1.82, 2.24) is 15.2 Å². The van der Waals surface area contributed by atoms with E-state index < -0.39 is 11.7 Å². The number of amides is 1. The minimum Gasteiger partial charge on any atom is -0.368 e. The van der Waals surface area contributed by atoms with Gasteiger partial charge in [0.2, 0.25) is 0 Å². The first kappa shape index (κ1) is 17.4. The first-order valence-corrected chi connectivity index (χ1v) is 7.34. The number of hydrogen-bond donors (Lipinski definition) is 2. The van der Waals surface area contributed by atoms with Gasteiger partial charge in [-0.25, -0.2) is 9.37 Å². The molecule has 0 atom stereocenters. The summed E-state index contributed by atoms with van der Waals surface area (Å²) >= 11 is 0. The van der Waals surface area contributed by atoms with Crippen LogP contribution in [0.2, 0.25) is 0 Å². The van der Waals surface area contributed by atoms with Gasteiger partial charge in [0, 0.05) is 25.3 Å². The predicted molar refractivity (Wildman–Crippen MR) is 83.1 cm³/mol. The van der Waals surface area contributed by atoms with Gasteiger partial charge in [0.05, 0.1) is 5.56 Å². The summed E-state index contributed by atoms with van der Waals surface area (Å²) in [6.45, 7) is 8.05. The molecule has 0 aliphatic rings. The van der Waals surface area contributed by atoms with Crippen molar-refractivity contribution in [3.63, 3.8) is 0 Å². The van der Waals surface area contributed by atoms with Gasteiger partial charge in [0.1, 0.15) is 0 Å². The summed E-state index contributed by atoms with van der Waals surface area (Å²) in [5, 5.41) is 5.54. The molecule has 1 aromatic heterocycles. The Bertz CT molecular complexity index is 465. The first-order chi connectivity index (χ1) is 9.97. The molecule has 0 spiro atoms. The van der Waals surface area contributed by atoms with E-state index in [1.165, 1.54) is 12.3 Å². The smallest absolute Gasteiger partial charge is 0.254 e. The fraction of sp³-hybridized carbons (Fsp3) is 0.600. The molecule has 0 bridgehead atoms. The number of nitrogens with zero attached hydrogens (tertiary/aromatic N) is 2. The lowest BCUT2D eigenvalue weighted by Crippen LogP contribution is -2.31. The SMILES string of the molecule is CCNc1nccc(C(=O)NCCCN(C)C(C)C)c1F. The second-order valence-electron chi connectivity index (χ2n) is 5.24. The van der Waals surface area contributed by atoms with Gasteiger partial charge < -0.3 is 15.5 Å². The Kier molecular flexibility index (Phi) is 7.08. The van der Waals surface area contributed by atoms with Crippen molar-refractivity contribution >= 4 is 11.7 Å². The largest absolute Gasteiger partial charge is 0.368 e. The lowest BCUT2D eigenvalue weighted by molar-refractivity contribution is 0.0947. The van der Waals surface area contributed by atoms with E-state index in [4.69, 9.17) is 0 Å². The molecular weight excluding hydrogens is 271 g/mol. The van der Waals surface area contributed by atoms with Crippen LogP contribution in [-0.4, -0.2) is 48.5 Å². The molecular formula is C15H25FN4O. The molecule has 0 unspecified atom stereocenters. The van der Waals surface area contributed by atoms with Crippen molar-refractivity contribution in [2.24, 2.45) is 0 Å². The highest BCUT2D eigenvalue weighted by molar-refractivity contribution is 5.95. The van der Waals surface area contributed by atoms with Crippen LogP contribution in [0, 0.1) is 5.82 Å². The zero-order valence-corrected chi connectivity index (χ0v) is 13.2. The summed E-state index contributed by atoms with van der Waals surface area (Å²) in [6.07, 6.45) is 2.26. The van der Waals surface area contributed by atoms with Crippen molar-refractivity contribution < 1.29 is 9.18 Å². The molecule has 0 saturated carbocycles. The topological polar surface area (TPSA) is 57.3 Å². The number of carbonyl (C=O) groups excluding carboxylic acids is 1. The first-order valence-electron chi connectivity index (χ1n) is 7.34. The summed E-state index contributed by atoms with van der Waals surface area (Å²) in [5.41, 5.74) is 0.0261. The number of pyridine rings is 1. The number of halogens is 1. The van der Waals surface area contributed by atoms with Crippen LogP contribution in [0.25, 0.3) is 0 Å². The van der Waals surface area contributed by atoms with Crippen molar-refractivity contribution in [2.45, 2.75) is 33.2 Å². The minimum atomic E-state index is -0.601. The molecule has 1 rings (SSSR count). The molecule has 0 radical (unpaired) electrons. The molecule has 6 heteroatoms. The van der Waals surface area contributed by atoms with E-state index >= 15 is 0 Å². The van der Waals surface area contributed by atoms with Crippen molar-refractivity contribution in [3.8, 4) is 0 Å². The molecule has 0 aromatic carbocycles. The molecule has 0 aliphatic heterocycles. The Morgan fingerprint density at radius 3 is 2.81 bits per heavy atom. The number of rotatable bonds is 8. The molecule has 2 N–H and O–H groups in total. The van der Waals surface area contributed by atoms with Crippen LogP contribution in [0.4, 0.5) is 10.2 Å². The number of aromatic nitrogens is 1. The van der Waals surface area contributed by atoms with E-state index in [0.29, 0.717) is 19.1 Å². The fourth-order valence-corrected chi connectivity index (χ4v) is 1.79. The van der Waals surface area contributed by atoms with Crippen molar-refractivity contribution in [3.05, 3.63) is 23.6 Å². The summed E-state index contributed by atoms with van der Waals surface area (Å²) in [7, 11) is 2.04. The van der Waals surface area contributed by atoms with E-state index in [-0.39, 0.29) is 11.4 Å². The van der Waals surface area contributed by atoms with Crippen LogP contribution in [0.3, 0.4) is 0 Å². The van der Waals surface area contributed by atoms with Gasteiger partial charge in [0.25, 0.3) is 5.91 Å². The molecule has 5 nitrogen and oxygen atoms in total. The highest BCUT2D eigenvalue weighted by atomic mass is 19.1. The summed E-state index contributed by atoms with van der Waals surface area (Å²) in [4.78, 5) is 18.1. The Hall–Kier alpha value is -1.69. The average Bonchev–Trinajstić information content (AvgIpc) is 2.45. The monoisotopic (exact) mass is 296 g/mol. The van der Waals surface area contributed by atoms with Gasteiger partial charge >= 0.3 is 0 Å². The Labute approximate surface area is 125 Å². The third kappa shape index (κ3) is 5.30. The van der Waals surface area contributed by atoms with Gasteiger partial charge in [-0.3, -0.25) is 4.79 Å². The summed E-state index contributed by atoms with van der Waals surface area (Å²) in [6, 6.07) is 1.87. The van der Waals surface area contributed by atoms with Crippen LogP contribution in [0.5, 0.6) is 0 Å². The highest BCUT2D eigenvalue weighted by Gasteiger charge is 2.15. The number of anilines is 1. The zero-order valence-electron chi connectivity index (χ0n) is 13.2. The Morgan fingerprint density at radius 1 is 1.48 bits per heavy atom. The second kappa shape index (κ2) is 8.56. The third-order valence-corrected chi connectivity index (χ3v) is 3.33. The standard InChI is InChI=1S/C15H25FN4O/c1-5-17-14-13(16)12(7-9-18-14)15(21)19-8-6-10-20(4)11(2)3/h7,9,11H,5-6,8,10H2,1-4H3,(H,17,18)(H,19,21). The number of carbonyl (C=O) groups is 1. The molecule has 1 amide bonds. The maximum absolute atomic E-state index is 14.1. The normalized spacial score (nSPS) is 11.0. The van der Waals surface area contributed by atoms with Gasteiger partial charge in [-0.1, -0.05) is 0 Å². The van der Waals surface area contributed by atoms with E-state index in [9.17, 15) is 9.18 Å². The van der Waals surface area contributed by atoms with Gasteiger partial charge in [0.15, 0.2) is 11.6 Å². The molecule has 0 fully saturated rings. The van der Waals surface area contributed by atoms with E-state index in [1.807, 2.05) is 14.0 Å². The van der Waals surface area contributed by atoms with E-state index in [1.54, 1.807) is 0 Å². The molecule has 118 valence electrons. The van der Waals surface area contributed by atoms with Gasteiger partial charge in [-0.05, 0) is 46.9 Å². The van der Waals surface area contributed by atoms with Crippen LogP contribution in [0.15, 0.2) is 12.3 Å². The molecule has 0 aliphatic carbocycles. The predicted octanol–water partition coefficient (Wildman–Crippen LogP) is 2.11. The Balaban J connectivity index is 2.51. The van der Waals surface area contributed by atoms with Crippen LogP contribution >= 0.6 is 0 Å². The number of nitrogens with one attached hydrogen (secondary N) is 2. The number of hydrogen-bond acceptors (Lipinski definition) is 4. The van der Waals surface area contributed by atoms with Crippen LogP contribution in [0.1, 0.15) is 37.6 Å². The lowest BCUT2D eigenvalue weighted by Gasteiger charge is -2.20. The molecule has 0 saturated heterocycles. The second-order valence-corrected chi connectivity index (χ2v) is 5.24. The highest BCUT2D eigenvalue weighted by Crippen LogP contribution is 2.14. The summed E-state index contributed by atoms with van der Waals surface area (Å²) < 4.78 is 14.1. The van der Waals surface area contributed by atoms with Crippen molar-refractivity contribution in [2.75, 3.05) is 32.0 Å². The quantitative estimate of drug-likeness (QED) is 0.721. The average molecular weight is 296 g/mol. The van der Waals surface area contributed by atoms with Crippen LogP contribution < -0.4 is 10.6 Å². The Morgan fingerprint density at radius 2 is 2.19 bits per heavy atom. The maximum Gasteiger partial charge on any atom is 0.254 e. The minimum absolute atomic E-state index is 0.0261. The maximum atomic E-state index is 14.1. The third-order valence-electron chi connectivity index (χ3n) is 3.33. The van der Waals surface area contributed by atoms with Gasteiger partial charge in [-0.2, -0.15) is 0 Å². The fourth-order valence-electron chi connectivity index (χ4n) is 1.79. The lowest BCUT2D eigenvalue weighted by atomic mass is 10.2.